The number of hydrogen-bond acceptors (Lipinski definition) is 3. The van der Waals surface area contributed by atoms with E-state index in [1.54, 1.807) is 49.9 Å². The first-order valence-electron chi connectivity index (χ1n) is 5.67. The molecule has 1 aromatic rings. The Kier molecular flexibility index (Phi) is 5.82. The van der Waals surface area contributed by atoms with Crippen molar-refractivity contribution in [2.45, 2.75) is 19.4 Å². The number of carbonyl (C=O) groups excluding carboxylic acids is 1. The van der Waals surface area contributed by atoms with Crippen LogP contribution in [-0.4, -0.2) is 30.1 Å². The van der Waals surface area contributed by atoms with E-state index in [0.29, 0.717) is 17.3 Å². The first-order chi connectivity index (χ1) is 8.45. The quantitative estimate of drug-likeness (QED) is 0.818. The highest BCUT2D eigenvalue weighted by molar-refractivity contribution is 7.98. The molecule has 0 aliphatic heterocycles. The van der Waals surface area contributed by atoms with Crippen LogP contribution in [0.5, 0.6) is 5.75 Å². The summed E-state index contributed by atoms with van der Waals surface area (Å²) < 4.78 is 5.67. The molecular formula is C13H18ClNO2S. The minimum Gasteiger partial charge on any atom is -0.478 e. The fourth-order valence-corrected chi connectivity index (χ4v) is 1.76. The number of benzene rings is 1. The highest BCUT2D eigenvalue weighted by Gasteiger charge is 2.29. The molecule has 0 aliphatic rings. The summed E-state index contributed by atoms with van der Waals surface area (Å²) in [5.74, 6) is 1.40. The number of thioether (sulfide) groups is 1. The third-order valence-electron chi connectivity index (χ3n) is 2.33. The average molecular weight is 288 g/mol. The molecule has 0 aromatic heterocycles. The van der Waals surface area contributed by atoms with Gasteiger partial charge >= 0.3 is 0 Å². The predicted molar refractivity (Wildman–Crippen MR) is 77.6 cm³/mol. The molecule has 0 fully saturated rings. The van der Waals surface area contributed by atoms with Crippen molar-refractivity contribution in [3.63, 3.8) is 0 Å². The van der Waals surface area contributed by atoms with Gasteiger partial charge < -0.3 is 10.1 Å². The summed E-state index contributed by atoms with van der Waals surface area (Å²) in [5.41, 5.74) is -0.897. The Labute approximate surface area is 117 Å². The van der Waals surface area contributed by atoms with E-state index in [9.17, 15) is 4.79 Å². The van der Waals surface area contributed by atoms with Crippen molar-refractivity contribution in [3.8, 4) is 5.75 Å². The van der Waals surface area contributed by atoms with Crippen molar-refractivity contribution in [3.05, 3.63) is 29.3 Å². The van der Waals surface area contributed by atoms with E-state index in [1.165, 1.54) is 0 Å². The first-order valence-corrected chi connectivity index (χ1v) is 7.45. The van der Waals surface area contributed by atoms with Gasteiger partial charge in [0.1, 0.15) is 5.75 Å². The van der Waals surface area contributed by atoms with Crippen LogP contribution >= 0.6 is 23.4 Å². The van der Waals surface area contributed by atoms with E-state index in [1.807, 2.05) is 6.26 Å². The van der Waals surface area contributed by atoms with Crippen LogP contribution in [0.1, 0.15) is 13.8 Å². The van der Waals surface area contributed by atoms with Crippen LogP contribution in [0.3, 0.4) is 0 Å². The standard InChI is InChI=1S/C13H18ClNO2S/c1-13(2,12(16)15-8-9-18-3)17-11-6-4-10(14)5-7-11/h4-7H,8-9H2,1-3H3,(H,15,16). The molecule has 1 aromatic carbocycles. The monoisotopic (exact) mass is 287 g/mol. The summed E-state index contributed by atoms with van der Waals surface area (Å²) in [4.78, 5) is 11.9. The topological polar surface area (TPSA) is 38.3 Å². The maximum Gasteiger partial charge on any atom is 0.263 e. The van der Waals surface area contributed by atoms with E-state index < -0.39 is 5.60 Å². The molecular weight excluding hydrogens is 270 g/mol. The second-order valence-corrected chi connectivity index (χ2v) is 5.74. The van der Waals surface area contributed by atoms with Gasteiger partial charge in [0, 0.05) is 17.3 Å². The lowest BCUT2D eigenvalue weighted by Crippen LogP contribution is -2.47. The second kappa shape index (κ2) is 6.90. The molecule has 0 heterocycles. The van der Waals surface area contributed by atoms with E-state index in [2.05, 4.69) is 5.32 Å². The van der Waals surface area contributed by atoms with Gasteiger partial charge in [0.2, 0.25) is 0 Å². The lowest BCUT2D eigenvalue weighted by Gasteiger charge is -2.25. The van der Waals surface area contributed by atoms with E-state index >= 15 is 0 Å². The van der Waals surface area contributed by atoms with Gasteiger partial charge in [0.15, 0.2) is 5.60 Å². The summed E-state index contributed by atoms with van der Waals surface area (Å²) in [6, 6.07) is 6.97. The van der Waals surface area contributed by atoms with Crippen LogP contribution in [0.2, 0.25) is 5.02 Å². The molecule has 0 radical (unpaired) electrons. The lowest BCUT2D eigenvalue weighted by molar-refractivity contribution is -0.134. The molecule has 1 rings (SSSR count). The molecule has 1 amide bonds. The molecule has 0 bridgehead atoms. The van der Waals surface area contributed by atoms with Crippen molar-refractivity contribution in [1.29, 1.82) is 0 Å². The molecule has 100 valence electrons. The van der Waals surface area contributed by atoms with Gasteiger partial charge in [-0.3, -0.25) is 4.79 Å². The second-order valence-electron chi connectivity index (χ2n) is 4.31. The van der Waals surface area contributed by atoms with Crippen LogP contribution in [0.4, 0.5) is 0 Å². The first kappa shape index (κ1) is 15.2. The van der Waals surface area contributed by atoms with Crippen LogP contribution in [0, 0.1) is 0 Å². The van der Waals surface area contributed by atoms with E-state index in [-0.39, 0.29) is 5.91 Å². The van der Waals surface area contributed by atoms with E-state index in [0.717, 1.165) is 5.75 Å². The minimum absolute atomic E-state index is 0.119. The Bertz CT molecular complexity index is 392. The molecule has 0 saturated carbocycles. The summed E-state index contributed by atoms with van der Waals surface area (Å²) in [5, 5.41) is 3.49. The normalized spacial score (nSPS) is 11.1. The predicted octanol–water partition coefficient (Wildman–Crippen LogP) is 2.98. The number of rotatable bonds is 6. The summed E-state index contributed by atoms with van der Waals surface area (Å²) >= 11 is 7.48. The number of carbonyl (C=O) groups is 1. The fourth-order valence-electron chi connectivity index (χ4n) is 1.32. The number of ether oxygens (including phenoxy) is 1. The lowest BCUT2D eigenvalue weighted by atomic mass is 10.1. The number of nitrogens with one attached hydrogen (secondary N) is 1. The van der Waals surface area contributed by atoms with Gasteiger partial charge in [-0.25, -0.2) is 0 Å². The number of halogens is 1. The molecule has 1 N–H and O–H groups in total. The summed E-state index contributed by atoms with van der Waals surface area (Å²) in [6.07, 6.45) is 2.00. The van der Waals surface area contributed by atoms with Crippen molar-refractivity contribution < 1.29 is 9.53 Å². The van der Waals surface area contributed by atoms with Crippen molar-refractivity contribution in [1.82, 2.24) is 5.32 Å². The molecule has 0 unspecified atom stereocenters. The molecule has 0 atom stereocenters. The molecule has 5 heteroatoms. The zero-order chi connectivity index (χ0) is 13.6. The fraction of sp³-hybridized carbons (Fsp3) is 0.462. The highest BCUT2D eigenvalue weighted by Crippen LogP contribution is 2.20. The van der Waals surface area contributed by atoms with Gasteiger partial charge in [0.25, 0.3) is 5.91 Å². The smallest absolute Gasteiger partial charge is 0.263 e. The van der Waals surface area contributed by atoms with Gasteiger partial charge in [-0.15, -0.1) is 0 Å². The molecule has 3 nitrogen and oxygen atoms in total. The van der Waals surface area contributed by atoms with Crippen molar-refractivity contribution in [2.75, 3.05) is 18.6 Å². The van der Waals surface area contributed by atoms with Crippen molar-refractivity contribution in [2.24, 2.45) is 0 Å². The third kappa shape index (κ3) is 4.78. The molecule has 0 spiro atoms. The Morgan fingerprint density at radius 1 is 1.39 bits per heavy atom. The summed E-state index contributed by atoms with van der Waals surface area (Å²) in [6.45, 7) is 4.14. The van der Waals surface area contributed by atoms with Crippen LogP contribution in [0.15, 0.2) is 24.3 Å². The number of amides is 1. The zero-order valence-electron chi connectivity index (χ0n) is 10.8. The Morgan fingerprint density at radius 3 is 2.56 bits per heavy atom. The largest absolute Gasteiger partial charge is 0.478 e. The van der Waals surface area contributed by atoms with Crippen molar-refractivity contribution >= 4 is 29.3 Å². The van der Waals surface area contributed by atoms with Gasteiger partial charge in [-0.2, -0.15) is 11.8 Å². The van der Waals surface area contributed by atoms with Gasteiger partial charge in [-0.1, -0.05) is 11.6 Å². The van der Waals surface area contributed by atoms with Gasteiger partial charge in [0.05, 0.1) is 0 Å². The Hall–Kier alpha value is -0.870. The average Bonchev–Trinajstić information content (AvgIpc) is 2.32. The van der Waals surface area contributed by atoms with Crippen LogP contribution < -0.4 is 10.1 Å². The zero-order valence-corrected chi connectivity index (χ0v) is 12.4. The maximum atomic E-state index is 11.9. The molecule has 18 heavy (non-hydrogen) atoms. The van der Waals surface area contributed by atoms with Gasteiger partial charge in [-0.05, 0) is 44.4 Å². The Balaban J connectivity index is 2.57. The molecule has 0 saturated heterocycles. The number of hydrogen-bond donors (Lipinski definition) is 1. The summed E-state index contributed by atoms with van der Waals surface area (Å²) in [7, 11) is 0. The van der Waals surface area contributed by atoms with E-state index in [4.69, 9.17) is 16.3 Å². The minimum atomic E-state index is -0.897. The maximum absolute atomic E-state index is 11.9. The molecule has 0 aliphatic carbocycles. The highest BCUT2D eigenvalue weighted by atomic mass is 35.5. The van der Waals surface area contributed by atoms with Crippen LogP contribution in [-0.2, 0) is 4.79 Å². The van der Waals surface area contributed by atoms with Crippen LogP contribution in [0.25, 0.3) is 0 Å². The SMILES string of the molecule is CSCCNC(=O)C(C)(C)Oc1ccc(Cl)cc1. The third-order valence-corrected chi connectivity index (χ3v) is 3.19. The Morgan fingerprint density at radius 2 is 2.00 bits per heavy atom.